The van der Waals surface area contributed by atoms with Crippen LogP contribution in [-0.2, 0) is 0 Å². The zero-order valence-electron chi connectivity index (χ0n) is 10.3. The van der Waals surface area contributed by atoms with Crippen LogP contribution < -0.4 is 10.2 Å². The smallest absolute Gasteiger partial charge is 0.132 e. The SMILES string of the molecule is Cc1nc([C@@H]2CCCCN2)cc(N(C)C)n1. The van der Waals surface area contributed by atoms with Crippen LogP contribution in [0.25, 0.3) is 0 Å². The molecule has 0 spiro atoms. The first kappa shape index (κ1) is 11.3. The van der Waals surface area contributed by atoms with Gasteiger partial charge in [0.2, 0.25) is 0 Å². The lowest BCUT2D eigenvalue weighted by atomic mass is 10.0. The Hall–Kier alpha value is -1.16. The fourth-order valence-electron chi connectivity index (χ4n) is 2.09. The highest BCUT2D eigenvalue weighted by atomic mass is 15.1. The van der Waals surface area contributed by atoms with Crippen LogP contribution in [0.2, 0.25) is 0 Å². The van der Waals surface area contributed by atoms with E-state index in [1.54, 1.807) is 0 Å². The number of hydrogen-bond donors (Lipinski definition) is 1. The number of nitrogens with one attached hydrogen (secondary N) is 1. The molecule has 4 nitrogen and oxygen atoms in total. The first-order valence-electron chi connectivity index (χ1n) is 5.93. The number of nitrogens with zero attached hydrogens (tertiary/aromatic N) is 3. The van der Waals surface area contributed by atoms with Crippen molar-refractivity contribution in [3.05, 3.63) is 17.6 Å². The van der Waals surface area contributed by atoms with Crippen molar-refractivity contribution in [3.63, 3.8) is 0 Å². The van der Waals surface area contributed by atoms with E-state index >= 15 is 0 Å². The fourth-order valence-corrected chi connectivity index (χ4v) is 2.09. The van der Waals surface area contributed by atoms with Gasteiger partial charge in [-0.3, -0.25) is 0 Å². The molecule has 0 radical (unpaired) electrons. The van der Waals surface area contributed by atoms with E-state index in [1.165, 1.54) is 19.3 Å². The van der Waals surface area contributed by atoms with Crippen molar-refractivity contribution in [2.45, 2.75) is 32.2 Å². The Morgan fingerprint density at radius 1 is 1.31 bits per heavy atom. The lowest BCUT2D eigenvalue weighted by Gasteiger charge is -2.24. The van der Waals surface area contributed by atoms with E-state index in [4.69, 9.17) is 0 Å². The molecule has 2 rings (SSSR count). The van der Waals surface area contributed by atoms with Gasteiger partial charge in [-0.2, -0.15) is 0 Å². The number of aryl methyl sites for hydroxylation is 1. The normalized spacial score (nSPS) is 20.8. The molecule has 1 aliphatic heterocycles. The maximum absolute atomic E-state index is 4.54. The van der Waals surface area contributed by atoms with Gasteiger partial charge in [0.25, 0.3) is 0 Å². The summed E-state index contributed by atoms with van der Waals surface area (Å²) in [5, 5.41) is 3.52. The summed E-state index contributed by atoms with van der Waals surface area (Å²) in [5.74, 6) is 1.85. The highest BCUT2D eigenvalue weighted by Crippen LogP contribution is 2.23. The second-order valence-corrected chi connectivity index (χ2v) is 4.60. The van der Waals surface area contributed by atoms with Gasteiger partial charge in [-0.05, 0) is 26.3 Å². The van der Waals surface area contributed by atoms with Crippen molar-refractivity contribution >= 4 is 5.82 Å². The first-order valence-corrected chi connectivity index (χ1v) is 5.93. The summed E-state index contributed by atoms with van der Waals surface area (Å²) in [6.45, 7) is 3.06. The number of hydrogen-bond acceptors (Lipinski definition) is 4. The van der Waals surface area contributed by atoms with Crippen molar-refractivity contribution < 1.29 is 0 Å². The maximum Gasteiger partial charge on any atom is 0.132 e. The van der Waals surface area contributed by atoms with Crippen molar-refractivity contribution in [1.82, 2.24) is 15.3 Å². The van der Waals surface area contributed by atoms with E-state index in [0.29, 0.717) is 6.04 Å². The second-order valence-electron chi connectivity index (χ2n) is 4.60. The monoisotopic (exact) mass is 220 g/mol. The zero-order valence-corrected chi connectivity index (χ0v) is 10.3. The Balaban J connectivity index is 2.25. The first-order chi connectivity index (χ1) is 7.66. The number of piperidine rings is 1. The van der Waals surface area contributed by atoms with E-state index in [1.807, 2.05) is 25.9 Å². The molecule has 0 unspecified atom stereocenters. The molecule has 0 aromatic carbocycles. The molecule has 1 N–H and O–H groups in total. The quantitative estimate of drug-likeness (QED) is 0.823. The molecular formula is C12H20N4. The van der Waals surface area contributed by atoms with E-state index < -0.39 is 0 Å². The van der Waals surface area contributed by atoms with Gasteiger partial charge < -0.3 is 10.2 Å². The van der Waals surface area contributed by atoms with Gasteiger partial charge in [-0.15, -0.1) is 0 Å². The third kappa shape index (κ3) is 2.50. The minimum atomic E-state index is 0.411. The Kier molecular flexibility index (Phi) is 3.39. The van der Waals surface area contributed by atoms with Gasteiger partial charge in [-0.1, -0.05) is 6.42 Å². The van der Waals surface area contributed by atoms with Crippen LogP contribution in [0.15, 0.2) is 6.07 Å². The third-order valence-electron chi connectivity index (χ3n) is 2.97. The lowest BCUT2D eigenvalue weighted by Crippen LogP contribution is -2.28. The van der Waals surface area contributed by atoms with Gasteiger partial charge >= 0.3 is 0 Å². The van der Waals surface area contributed by atoms with Crippen molar-refractivity contribution in [1.29, 1.82) is 0 Å². The van der Waals surface area contributed by atoms with E-state index in [9.17, 15) is 0 Å². The minimum absolute atomic E-state index is 0.411. The summed E-state index contributed by atoms with van der Waals surface area (Å²) in [6.07, 6.45) is 3.75. The minimum Gasteiger partial charge on any atom is -0.363 e. The number of anilines is 1. The molecule has 16 heavy (non-hydrogen) atoms. The Morgan fingerprint density at radius 2 is 2.12 bits per heavy atom. The summed E-state index contributed by atoms with van der Waals surface area (Å²) in [6, 6.07) is 2.50. The molecule has 1 aromatic rings. The highest BCUT2D eigenvalue weighted by molar-refractivity contribution is 5.38. The summed E-state index contributed by atoms with van der Waals surface area (Å²) < 4.78 is 0. The average Bonchev–Trinajstić information content (AvgIpc) is 2.29. The second kappa shape index (κ2) is 4.78. The molecule has 1 saturated heterocycles. The summed E-state index contributed by atoms with van der Waals surface area (Å²) in [7, 11) is 4.03. The summed E-state index contributed by atoms with van der Waals surface area (Å²) >= 11 is 0. The highest BCUT2D eigenvalue weighted by Gasteiger charge is 2.17. The van der Waals surface area contributed by atoms with Gasteiger partial charge in [0.1, 0.15) is 11.6 Å². The zero-order chi connectivity index (χ0) is 11.5. The third-order valence-corrected chi connectivity index (χ3v) is 2.97. The predicted molar refractivity (Wildman–Crippen MR) is 65.7 cm³/mol. The van der Waals surface area contributed by atoms with Gasteiger partial charge in [0, 0.05) is 26.2 Å². The van der Waals surface area contributed by atoms with Gasteiger partial charge in [0.05, 0.1) is 5.69 Å². The van der Waals surface area contributed by atoms with Crippen LogP contribution in [0.1, 0.15) is 36.8 Å². The largest absolute Gasteiger partial charge is 0.363 e. The van der Waals surface area contributed by atoms with Crippen molar-refractivity contribution in [2.75, 3.05) is 25.5 Å². The van der Waals surface area contributed by atoms with Crippen LogP contribution in [0.3, 0.4) is 0 Å². The van der Waals surface area contributed by atoms with Crippen LogP contribution in [0.4, 0.5) is 5.82 Å². The van der Waals surface area contributed by atoms with Gasteiger partial charge in [0.15, 0.2) is 0 Å². The van der Waals surface area contributed by atoms with E-state index in [2.05, 4.69) is 21.4 Å². The lowest BCUT2D eigenvalue weighted by molar-refractivity contribution is 0.404. The fraction of sp³-hybridized carbons (Fsp3) is 0.667. The molecule has 1 aromatic heterocycles. The summed E-state index contributed by atoms with van der Waals surface area (Å²) in [5.41, 5.74) is 1.14. The molecule has 0 aliphatic carbocycles. The number of rotatable bonds is 2. The Morgan fingerprint density at radius 3 is 2.75 bits per heavy atom. The van der Waals surface area contributed by atoms with Crippen molar-refractivity contribution in [2.24, 2.45) is 0 Å². The van der Waals surface area contributed by atoms with E-state index in [-0.39, 0.29) is 0 Å². The van der Waals surface area contributed by atoms with Crippen LogP contribution in [0.5, 0.6) is 0 Å². The topological polar surface area (TPSA) is 41.1 Å². The van der Waals surface area contributed by atoms with Crippen LogP contribution in [0, 0.1) is 6.92 Å². The molecular weight excluding hydrogens is 200 g/mol. The average molecular weight is 220 g/mol. The molecule has 1 atom stereocenters. The predicted octanol–water partition coefficient (Wildman–Crippen LogP) is 1.67. The Bertz CT molecular complexity index is 356. The standard InChI is InChI=1S/C12H20N4/c1-9-14-11(8-12(15-9)16(2)3)10-6-4-5-7-13-10/h8,10,13H,4-7H2,1-3H3/t10-/m0/s1. The van der Waals surface area contributed by atoms with Crippen LogP contribution >= 0.6 is 0 Å². The molecule has 1 fully saturated rings. The number of aromatic nitrogens is 2. The molecule has 0 bridgehead atoms. The molecule has 0 amide bonds. The summed E-state index contributed by atoms with van der Waals surface area (Å²) in [4.78, 5) is 11.0. The molecule has 0 saturated carbocycles. The molecule has 1 aliphatic rings. The molecule has 2 heterocycles. The van der Waals surface area contributed by atoms with Crippen molar-refractivity contribution in [3.8, 4) is 0 Å². The Labute approximate surface area is 97.1 Å². The van der Waals surface area contributed by atoms with Crippen LogP contribution in [-0.4, -0.2) is 30.6 Å². The molecule has 88 valence electrons. The van der Waals surface area contributed by atoms with E-state index in [0.717, 1.165) is 23.9 Å². The maximum atomic E-state index is 4.54. The molecule has 4 heteroatoms. The van der Waals surface area contributed by atoms with Gasteiger partial charge in [-0.25, -0.2) is 9.97 Å².